The van der Waals surface area contributed by atoms with Crippen LogP contribution in [-0.4, -0.2) is 10.9 Å². The van der Waals surface area contributed by atoms with Crippen LogP contribution in [0.2, 0.25) is 10.2 Å². The summed E-state index contributed by atoms with van der Waals surface area (Å²) in [5.41, 5.74) is 0. The van der Waals surface area contributed by atoms with Crippen molar-refractivity contribution >= 4 is 35.0 Å². The summed E-state index contributed by atoms with van der Waals surface area (Å²) >= 11 is 13.2. The quantitative estimate of drug-likeness (QED) is 0.496. The Morgan fingerprint density at radius 1 is 1.46 bits per heavy atom. The first kappa shape index (κ1) is 11.4. The maximum absolute atomic E-state index is 9.51. The number of hydrogen-bond donors (Lipinski definition) is 1. The van der Waals surface area contributed by atoms with Crippen LogP contribution in [0.15, 0.2) is 11.1 Å². The van der Waals surface area contributed by atoms with Crippen molar-refractivity contribution in [2.45, 2.75) is 11.6 Å². The lowest BCUT2D eigenvalue weighted by molar-refractivity contribution is -0.721. The lowest BCUT2D eigenvalue weighted by atomic mass is 10.4. The third-order valence-electron chi connectivity index (χ3n) is 1.73. The number of halogens is 3. The van der Waals surface area contributed by atoms with Crippen LogP contribution in [0.1, 0.15) is 0 Å². The fourth-order valence-corrected chi connectivity index (χ4v) is 2.86. The molecule has 0 unspecified atom stereocenters. The van der Waals surface area contributed by atoms with Gasteiger partial charge in [0.05, 0.1) is 10.8 Å². The summed E-state index contributed by atoms with van der Waals surface area (Å²) < 4.78 is 1.85. The maximum Gasteiger partial charge on any atom is 0.285 e. The molecule has 1 aromatic heterocycles. The van der Waals surface area contributed by atoms with E-state index >= 15 is 0 Å². The number of aromatic nitrogens is 1. The van der Waals surface area contributed by atoms with Gasteiger partial charge in [-0.15, -0.1) is 0 Å². The minimum Gasteiger partial charge on any atom is -1.00 e. The molecule has 2 heterocycles. The highest BCUT2D eigenvalue weighted by atomic mass is 79.9. The molecule has 6 heteroatoms. The molecule has 72 valence electrons. The topological polar surface area (TPSA) is 24.1 Å². The Balaban J connectivity index is 0.000000845. The summed E-state index contributed by atoms with van der Waals surface area (Å²) in [6.07, 6.45) is 0. The molecule has 0 atom stereocenters. The number of thioether (sulfide) groups is 1. The van der Waals surface area contributed by atoms with Crippen LogP contribution < -0.4 is 21.5 Å². The highest BCUT2D eigenvalue weighted by Gasteiger charge is 2.29. The summed E-state index contributed by atoms with van der Waals surface area (Å²) in [7, 11) is 0. The molecule has 2 nitrogen and oxygen atoms in total. The molecule has 1 N–H and O–H groups in total. The van der Waals surface area contributed by atoms with Crippen molar-refractivity contribution in [3.63, 3.8) is 0 Å². The first-order chi connectivity index (χ1) is 5.70. The predicted octanol–water partition coefficient (Wildman–Crippen LogP) is -0.904. The van der Waals surface area contributed by atoms with Crippen LogP contribution in [0, 0.1) is 0 Å². The number of aromatic hydroxyl groups is 1. The Hall–Kier alpha value is 0.360. The van der Waals surface area contributed by atoms with E-state index in [1.165, 1.54) is 0 Å². The summed E-state index contributed by atoms with van der Waals surface area (Å²) in [5, 5.41) is 11.2. The average molecular weight is 303 g/mol. The van der Waals surface area contributed by atoms with Gasteiger partial charge in [0.15, 0.2) is 6.54 Å². The third kappa shape index (κ3) is 1.91. The van der Waals surface area contributed by atoms with Gasteiger partial charge in [-0.2, -0.15) is 4.57 Å². The first-order valence-corrected chi connectivity index (χ1v) is 5.18. The normalized spacial score (nSPS) is 13.7. The van der Waals surface area contributed by atoms with Gasteiger partial charge in [0, 0.05) is 6.07 Å². The van der Waals surface area contributed by atoms with Gasteiger partial charge in [-0.25, -0.2) is 0 Å². The van der Waals surface area contributed by atoms with Gasteiger partial charge in [0.2, 0.25) is 5.75 Å². The molecule has 0 saturated heterocycles. The summed E-state index contributed by atoms with van der Waals surface area (Å²) in [6, 6.07) is 1.56. The van der Waals surface area contributed by atoms with Crippen molar-refractivity contribution < 1.29 is 26.7 Å². The second kappa shape index (κ2) is 4.26. The first-order valence-electron chi connectivity index (χ1n) is 3.44. The monoisotopic (exact) mass is 301 g/mol. The zero-order chi connectivity index (χ0) is 8.72. The average Bonchev–Trinajstić information content (AvgIpc) is 2.48. The van der Waals surface area contributed by atoms with Gasteiger partial charge in [0.25, 0.3) is 10.2 Å². The Kier molecular flexibility index (Phi) is 3.74. The molecule has 0 amide bonds. The molecule has 1 aliphatic heterocycles. The SMILES string of the molecule is Oc1c(Cl)cc(Cl)[n+]2c1SCC2.[Br-]. The molecule has 1 aromatic rings. The Morgan fingerprint density at radius 3 is 2.85 bits per heavy atom. The number of fused-ring (bicyclic) bond motifs is 1. The van der Waals surface area contributed by atoms with Gasteiger partial charge in [-0.05, 0) is 23.4 Å². The van der Waals surface area contributed by atoms with E-state index in [-0.39, 0.29) is 22.7 Å². The van der Waals surface area contributed by atoms with Crippen molar-refractivity contribution in [1.82, 2.24) is 0 Å². The Labute approximate surface area is 101 Å². The van der Waals surface area contributed by atoms with E-state index in [9.17, 15) is 5.11 Å². The van der Waals surface area contributed by atoms with E-state index in [0.29, 0.717) is 10.2 Å². The van der Waals surface area contributed by atoms with Gasteiger partial charge >= 0.3 is 0 Å². The molecule has 0 spiro atoms. The van der Waals surface area contributed by atoms with E-state index in [1.54, 1.807) is 17.8 Å². The highest BCUT2D eigenvalue weighted by Crippen LogP contribution is 2.36. The zero-order valence-electron chi connectivity index (χ0n) is 6.43. The van der Waals surface area contributed by atoms with E-state index < -0.39 is 0 Å². The molecular formula is C7H6BrCl2NOS. The second-order valence-corrected chi connectivity index (χ2v) is 4.35. The van der Waals surface area contributed by atoms with Crippen molar-refractivity contribution in [1.29, 1.82) is 0 Å². The number of nitrogens with zero attached hydrogens (tertiary/aromatic N) is 1. The second-order valence-electron chi connectivity index (χ2n) is 2.47. The summed E-state index contributed by atoms with van der Waals surface area (Å²) in [4.78, 5) is 0. The Bertz CT molecular complexity index is 348. The van der Waals surface area contributed by atoms with Gasteiger partial charge in [-0.1, -0.05) is 11.6 Å². The fraction of sp³-hybridized carbons (Fsp3) is 0.286. The standard InChI is InChI=1S/C7H5Cl2NOS.BrH/c8-4-3-5(9)10-1-2-12-7(10)6(4)11;/h3H,1-2H2;1H. The van der Waals surface area contributed by atoms with Crippen LogP contribution in [-0.2, 0) is 6.54 Å². The van der Waals surface area contributed by atoms with Crippen LogP contribution >= 0.6 is 35.0 Å². The zero-order valence-corrected chi connectivity index (χ0v) is 10.3. The largest absolute Gasteiger partial charge is 1.00 e. The van der Waals surface area contributed by atoms with Crippen molar-refractivity contribution in [3.05, 3.63) is 16.2 Å². The van der Waals surface area contributed by atoms with Crippen LogP contribution in [0.4, 0.5) is 0 Å². The fourth-order valence-electron chi connectivity index (χ4n) is 1.17. The van der Waals surface area contributed by atoms with Gasteiger partial charge < -0.3 is 22.1 Å². The molecule has 2 rings (SSSR count). The molecule has 13 heavy (non-hydrogen) atoms. The number of pyridine rings is 1. The highest BCUT2D eigenvalue weighted by molar-refractivity contribution is 7.99. The van der Waals surface area contributed by atoms with Crippen molar-refractivity contribution in [2.75, 3.05) is 5.75 Å². The maximum atomic E-state index is 9.51. The molecule has 0 aromatic carbocycles. The molecule has 0 fully saturated rings. The minimum absolute atomic E-state index is 0. The molecule has 0 radical (unpaired) electrons. The molecule has 1 aliphatic rings. The lowest BCUT2D eigenvalue weighted by Gasteiger charge is -1.98. The van der Waals surface area contributed by atoms with Crippen molar-refractivity contribution in [2.24, 2.45) is 0 Å². The van der Waals surface area contributed by atoms with Crippen LogP contribution in [0.5, 0.6) is 5.75 Å². The third-order valence-corrected chi connectivity index (χ3v) is 3.41. The lowest BCUT2D eigenvalue weighted by Crippen LogP contribution is -3.00. The van der Waals surface area contributed by atoms with Gasteiger partial charge in [-0.3, -0.25) is 0 Å². The van der Waals surface area contributed by atoms with Gasteiger partial charge in [0.1, 0.15) is 0 Å². The number of rotatable bonds is 0. The molecule has 0 bridgehead atoms. The van der Waals surface area contributed by atoms with Crippen LogP contribution in [0.25, 0.3) is 0 Å². The molecule has 0 aliphatic carbocycles. The molecule has 0 saturated carbocycles. The number of hydrogen-bond acceptors (Lipinski definition) is 2. The van der Waals surface area contributed by atoms with E-state index in [4.69, 9.17) is 23.2 Å². The predicted molar refractivity (Wildman–Crippen MR) is 49.0 cm³/mol. The molecular weight excluding hydrogens is 297 g/mol. The van der Waals surface area contributed by atoms with E-state index in [2.05, 4.69) is 0 Å². The van der Waals surface area contributed by atoms with Crippen LogP contribution in [0.3, 0.4) is 0 Å². The minimum atomic E-state index is 0. The smallest absolute Gasteiger partial charge is 0.285 e. The van der Waals surface area contributed by atoms with E-state index in [0.717, 1.165) is 17.3 Å². The summed E-state index contributed by atoms with van der Waals surface area (Å²) in [5.74, 6) is 1.08. The van der Waals surface area contributed by atoms with Crippen molar-refractivity contribution in [3.8, 4) is 5.75 Å². The Morgan fingerprint density at radius 2 is 2.15 bits per heavy atom. The van der Waals surface area contributed by atoms with E-state index in [1.807, 2.05) is 4.57 Å². The summed E-state index contributed by atoms with van der Waals surface area (Å²) in [6.45, 7) is 0.837.